The normalized spacial score (nSPS) is 13.6. The van der Waals surface area contributed by atoms with Gasteiger partial charge in [0.25, 0.3) is 0 Å². The number of nitrogens with one attached hydrogen (secondary N) is 4. The average Bonchev–Trinajstić information content (AvgIpc) is 1.89. The minimum absolute atomic E-state index is 0. The summed E-state index contributed by atoms with van der Waals surface area (Å²) in [6, 6.07) is -0.398. The van der Waals surface area contributed by atoms with Gasteiger partial charge >= 0.3 is 0 Å². The van der Waals surface area contributed by atoms with Gasteiger partial charge in [0.15, 0.2) is 0 Å². The van der Waals surface area contributed by atoms with E-state index in [2.05, 4.69) is 0 Å². The maximum absolute atomic E-state index is 6.64. The third-order valence-corrected chi connectivity index (χ3v) is 0.612. The fraction of sp³-hybridized carbons (Fsp3) is 1.00. The molecule has 0 saturated carbocycles. The van der Waals surface area contributed by atoms with Gasteiger partial charge in [-0.25, -0.2) is 0 Å². The van der Waals surface area contributed by atoms with Gasteiger partial charge in [-0.2, -0.15) is 25.2 Å². The van der Waals surface area contributed by atoms with E-state index in [0.29, 0.717) is 0 Å². The largest absolute Gasteiger partial charge is 0.679 e. The standard InChI is InChI=1S/2C3H8N2.Pd/c2*1-3(5)2-4;/h2*3-5H,2H2,1H3;/q2*-2;. The van der Waals surface area contributed by atoms with Crippen LogP contribution in [0.15, 0.2) is 0 Å². The van der Waals surface area contributed by atoms with Crippen molar-refractivity contribution >= 4 is 0 Å². The zero-order chi connectivity index (χ0) is 8.57. The Balaban J connectivity index is -0.000000107. The van der Waals surface area contributed by atoms with Crippen LogP contribution >= 0.6 is 0 Å². The van der Waals surface area contributed by atoms with E-state index in [1.165, 1.54) is 0 Å². The van der Waals surface area contributed by atoms with Crippen molar-refractivity contribution in [3.63, 3.8) is 0 Å². The predicted molar refractivity (Wildman–Crippen MR) is 45.9 cm³/mol. The van der Waals surface area contributed by atoms with Crippen molar-refractivity contribution in [2.24, 2.45) is 0 Å². The van der Waals surface area contributed by atoms with Crippen molar-refractivity contribution < 1.29 is 20.4 Å². The second kappa shape index (κ2) is 13.1. The maximum Gasteiger partial charge on any atom is 0 e. The molecule has 0 aliphatic heterocycles. The minimum atomic E-state index is -0.199. The molecule has 0 fully saturated rings. The van der Waals surface area contributed by atoms with Crippen molar-refractivity contribution in [2.75, 3.05) is 13.1 Å². The molecule has 4 nitrogen and oxygen atoms in total. The summed E-state index contributed by atoms with van der Waals surface area (Å²) in [7, 11) is 0. The third-order valence-electron chi connectivity index (χ3n) is 0.612. The topological polar surface area (TPSA) is 95.2 Å². The van der Waals surface area contributed by atoms with Crippen LogP contribution in [0.25, 0.3) is 22.9 Å². The first-order chi connectivity index (χ1) is 4.54. The van der Waals surface area contributed by atoms with Crippen LogP contribution in [-0.4, -0.2) is 25.2 Å². The van der Waals surface area contributed by atoms with E-state index >= 15 is 0 Å². The van der Waals surface area contributed by atoms with Crippen molar-refractivity contribution in [2.45, 2.75) is 25.9 Å². The van der Waals surface area contributed by atoms with Gasteiger partial charge in [-0.05, 0) is 0 Å². The van der Waals surface area contributed by atoms with Crippen molar-refractivity contribution in [3.05, 3.63) is 22.9 Å². The average molecular weight is 251 g/mol. The summed E-state index contributed by atoms with van der Waals surface area (Å²) < 4.78 is 0. The third kappa shape index (κ3) is 37.5. The Kier molecular flexibility index (Phi) is 20.9. The molecule has 2 unspecified atom stereocenters. The van der Waals surface area contributed by atoms with Crippen molar-refractivity contribution in [1.82, 2.24) is 0 Å². The molecule has 0 saturated heterocycles. The molecule has 2 atom stereocenters. The number of rotatable bonds is 2. The molecule has 0 radical (unpaired) electrons. The molecule has 0 spiro atoms. The molecule has 0 amide bonds. The van der Waals surface area contributed by atoms with Crippen LogP contribution < -0.4 is 0 Å². The van der Waals surface area contributed by atoms with Gasteiger partial charge in [0.05, 0.1) is 0 Å². The van der Waals surface area contributed by atoms with E-state index in [1.807, 2.05) is 0 Å². The monoisotopic (exact) mass is 250 g/mol. The molecular weight excluding hydrogens is 235 g/mol. The van der Waals surface area contributed by atoms with E-state index in [4.69, 9.17) is 22.9 Å². The van der Waals surface area contributed by atoms with Gasteiger partial charge in [0.2, 0.25) is 0 Å². The Bertz CT molecular complexity index is 50.5. The number of hydrogen-bond donors (Lipinski definition) is 0. The second-order valence-electron chi connectivity index (χ2n) is 2.21. The van der Waals surface area contributed by atoms with Crippen LogP contribution in [-0.2, 0) is 20.4 Å². The summed E-state index contributed by atoms with van der Waals surface area (Å²) in [5.41, 5.74) is 26.2. The molecule has 0 heterocycles. The molecule has 0 aliphatic rings. The van der Waals surface area contributed by atoms with Crippen LogP contribution in [0.4, 0.5) is 0 Å². The van der Waals surface area contributed by atoms with Crippen LogP contribution in [0.2, 0.25) is 0 Å². The van der Waals surface area contributed by atoms with Gasteiger partial charge in [-0.3, -0.25) is 0 Å². The predicted octanol–water partition coefficient (Wildman–Crippen LogP) is 2.96. The van der Waals surface area contributed by atoms with Crippen LogP contribution in [0.3, 0.4) is 0 Å². The van der Waals surface area contributed by atoms with Gasteiger partial charge in [-0.1, -0.05) is 13.8 Å². The minimum Gasteiger partial charge on any atom is -0.679 e. The Morgan fingerprint density at radius 2 is 1.00 bits per heavy atom. The Morgan fingerprint density at radius 3 is 1.00 bits per heavy atom. The van der Waals surface area contributed by atoms with E-state index in [0.717, 1.165) is 0 Å². The SMILES string of the molecule is CC([NH-])C[NH-].CC([NH-])C[NH-].[Pd]. The zero-order valence-corrected chi connectivity index (χ0v) is 8.44. The summed E-state index contributed by atoms with van der Waals surface area (Å²) in [4.78, 5) is 0. The summed E-state index contributed by atoms with van der Waals surface area (Å²) in [6.07, 6.45) is 0. The Labute approximate surface area is 82.7 Å². The number of hydrogen-bond acceptors (Lipinski definition) is 0. The van der Waals surface area contributed by atoms with E-state index in [1.54, 1.807) is 13.8 Å². The first-order valence-electron chi connectivity index (χ1n) is 3.26. The first kappa shape index (κ1) is 17.6. The van der Waals surface area contributed by atoms with Gasteiger partial charge < -0.3 is 22.9 Å². The van der Waals surface area contributed by atoms with Gasteiger partial charge in [0.1, 0.15) is 0 Å². The van der Waals surface area contributed by atoms with Crippen LogP contribution in [0, 0.1) is 0 Å². The zero-order valence-electron chi connectivity index (χ0n) is 6.89. The summed E-state index contributed by atoms with van der Waals surface area (Å²) in [6.45, 7) is 3.85. The maximum atomic E-state index is 6.64. The molecule has 11 heavy (non-hydrogen) atoms. The van der Waals surface area contributed by atoms with Crippen molar-refractivity contribution in [1.29, 1.82) is 0 Å². The van der Waals surface area contributed by atoms with Crippen molar-refractivity contribution in [3.8, 4) is 0 Å². The molecule has 0 aliphatic carbocycles. The smallest absolute Gasteiger partial charge is 0 e. The van der Waals surface area contributed by atoms with E-state index < -0.39 is 0 Å². The summed E-state index contributed by atoms with van der Waals surface area (Å²) in [5.74, 6) is 0. The summed E-state index contributed by atoms with van der Waals surface area (Å²) in [5, 5.41) is 0. The van der Waals surface area contributed by atoms with E-state index in [9.17, 15) is 0 Å². The summed E-state index contributed by atoms with van der Waals surface area (Å²) >= 11 is 0. The van der Waals surface area contributed by atoms with Crippen LogP contribution in [0.5, 0.6) is 0 Å². The van der Waals surface area contributed by atoms with Gasteiger partial charge in [-0.15, -0.1) is 0 Å². The molecule has 0 aromatic carbocycles. The molecule has 74 valence electrons. The molecular formula is C6H16N4Pd-4. The molecule has 0 rings (SSSR count). The van der Waals surface area contributed by atoms with Crippen LogP contribution in [0.1, 0.15) is 13.8 Å². The fourth-order valence-corrected chi connectivity index (χ4v) is 0. The Hall–Kier alpha value is 0.502. The second-order valence-corrected chi connectivity index (χ2v) is 2.21. The molecule has 0 aromatic rings. The Morgan fingerprint density at radius 1 is 0.909 bits per heavy atom. The molecule has 5 heteroatoms. The quantitative estimate of drug-likeness (QED) is 0.674. The van der Waals surface area contributed by atoms with Gasteiger partial charge in [0, 0.05) is 20.4 Å². The fourth-order valence-electron chi connectivity index (χ4n) is 0. The van der Waals surface area contributed by atoms with E-state index in [-0.39, 0.29) is 45.6 Å². The first-order valence-corrected chi connectivity index (χ1v) is 3.26. The molecule has 0 aromatic heterocycles. The molecule has 4 N–H and O–H groups in total. The molecule has 0 bridgehead atoms.